The van der Waals surface area contributed by atoms with Crippen molar-refractivity contribution in [2.24, 2.45) is 5.73 Å². The largest absolute Gasteiger partial charge is 0.351 e. The number of likely N-dealkylation sites (tertiary alicyclic amines) is 1. The number of amides is 2. The van der Waals surface area contributed by atoms with E-state index in [4.69, 9.17) is 5.73 Å². The molecule has 2 unspecified atom stereocenters. The Kier molecular flexibility index (Phi) is 4.28. The van der Waals surface area contributed by atoms with E-state index in [0.29, 0.717) is 13.0 Å². The Morgan fingerprint density at radius 2 is 1.48 bits per heavy atom. The Morgan fingerprint density at radius 3 is 2.00 bits per heavy atom. The molecule has 2 N–H and O–H groups in total. The number of nitrogens with two attached hydrogens (primary N) is 1. The summed E-state index contributed by atoms with van der Waals surface area (Å²) in [5.41, 5.74) is 7.39. The Hall–Kier alpha value is -2.43. The topological polar surface area (TPSA) is 46.3 Å². The van der Waals surface area contributed by atoms with Gasteiger partial charge in [-0.3, -0.25) is 0 Å². The summed E-state index contributed by atoms with van der Waals surface area (Å²) in [6.45, 7) is 0.527. The van der Waals surface area contributed by atoms with Gasteiger partial charge in [0.05, 0.1) is 6.04 Å². The number of benzene rings is 2. The molecule has 0 spiro atoms. The fourth-order valence-electron chi connectivity index (χ4n) is 3.27. The van der Waals surface area contributed by atoms with Gasteiger partial charge in [0.1, 0.15) is 11.6 Å². The molecular formula is C18H18F2N2O. The van der Waals surface area contributed by atoms with E-state index in [9.17, 15) is 13.6 Å². The second kappa shape index (κ2) is 6.36. The lowest BCUT2D eigenvalue weighted by atomic mass is 9.83. The van der Waals surface area contributed by atoms with Gasteiger partial charge in [0, 0.05) is 6.54 Å². The molecule has 0 saturated carbocycles. The van der Waals surface area contributed by atoms with Crippen molar-refractivity contribution >= 4 is 6.03 Å². The summed E-state index contributed by atoms with van der Waals surface area (Å²) in [6, 6.07) is 11.9. The Balaban J connectivity index is 1.87. The summed E-state index contributed by atoms with van der Waals surface area (Å²) in [5, 5.41) is 0. The summed E-state index contributed by atoms with van der Waals surface area (Å²) in [7, 11) is 0. The molecule has 3 nitrogen and oxygen atoms in total. The van der Waals surface area contributed by atoms with Gasteiger partial charge in [-0.15, -0.1) is 0 Å². The van der Waals surface area contributed by atoms with Crippen LogP contribution in [0.15, 0.2) is 48.5 Å². The van der Waals surface area contributed by atoms with E-state index in [1.807, 2.05) is 0 Å². The van der Waals surface area contributed by atoms with Crippen LogP contribution in [0.5, 0.6) is 0 Å². The van der Waals surface area contributed by atoms with Gasteiger partial charge in [-0.25, -0.2) is 13.6 Å². The zero-order valence-electron chi connectivity index (χ0n) is 12.6. The standard InChI is InChI=1S/C18H18F2N2O/c19-15-5-1-12(2-6-15)14-9-10-22(18(21)23)17(11-14)13-3-7-16(20)8-4-13/h1-8,14,17H,9-11H2,(H2,21,23). The fourth-order valence-corrected chi connectivity index (χ4v) is 3.27. The molecule has 2 amide bonds. The first-order valence-corrected chi connectivity index (χ1v) is 7.61. The monoisotopic (exact) mass is 316 g/mol. The number of hydrogen-bond acceptors (Lipinski definition) is 1. The maximum Gasteiger partial charge on any atom is 0.315 e. The normalized spacial score (nSPS) is 21.2. The molecule has 1 aliphatic rings. The summed E-state index contributed by atoms with van der Waals surface area (Å²) in [4.78, 5) is 13.3. The number of hydrogen-bond donors (Lipinski definition) is 1. The van der Waals surface area contributed by atoms with Gasteiger partial charge in [-0.05, 0) is 54.2 Å². The Bertz CT molecular complexity index is 685. The van der Waals surface area contributed by atoms with Gasteiger partial charge in [0.2, 0.25) is 0 Å². The zero-order valence-corrected chi connectivity index (χ0v) is 12.6. The van der Waals surface area contributed by atoms with E-state index in [0.717, 1.165) is 17.5 Å². The van der Waals surface area contributed by atoms with E-state index in [-0.39, 0.29) is 23.6 Å². The highest BCUT2D eigenvalue weighted by molar-refractivity contribution is 5.72. The van der Waals surface area contributed by atoms with E-state index >= 15 is 0 Å². The average Bonchev–Trinajstić information content (AvgIpc) is 2.55. The molecule has 3 rings (SSSR count). The van der Waals surface area contributed by atoms with Gasteiger partial charge in [-0.1, -0.05) is 24.3 Å². The van der Waals surface area contributed by atoms with Crippen LogP contribution in [0.25, 0.3) is 0 Å². The first kappa shape index (κ1) is 15.5. The molecule has 0 aromatic heterocycles. The number of piperidine rings is 1. The highest BCUT2D eigenvalue weighted by atomic mass is 19.1. The molecule has 23 heavy (non-hydrogen) atoms. The van der Waals surface area contributed by atoms with E-state index < -0.39 is 6.03 Å². The Morgan fingerprint density at radius 1 is 0.957 bits per heavy atom. The van der Waals surface area contributed by atoms with Crippen LogP contribution in [0.3, 0.4) is 0 Å². The van der Waals surface area contributed by atoms with Crippen molar-refractivity contribution in [3.8, 4) is 0 Å². The second-order valence-corrected chi connectivity index (χ2v) is 5.87. The van der Waals surface area contributed by atoms with Crippen LogP contribution in [-0.4, -0.2) is 17.5 Å². The third-order valence-electron chi connectivity index (χ3n) is 4.48. The minimum atomic E-state index is -0.475. The van der Waals surface area contributed by atoms with Crippen molar-refractivity contribution < 1.29 is 13.6 Å². The molecule has 1 aliphatic heterocycles. The molecule has 0 aliphatic carbocycles. The van der Waals surface area contributed by atoms with Crippen LogP contribution >= 0.6 is 0 Å². The number of halogens is 2. The molecule has 120 valence electrons. The molecule has 0 bridgehead atoms. The van der Waals surface area contributed by atoms with E-state index in [1.165, 1.54) is 24.3 Å². The van der Waals surface area contributed by atoms with Crippen LogP contribution in [0.4, 0.5) is 13.6 Å². The average molecular weight is 316 g/mol. The number of nitrogens with zero attached hydrogens (tertiary/aromatic N) is 1. The first-order valence-electron chi connectivity index (χ1n) is 7.61. The minimum Gasteiger partial charge on any atom is -0.351 e. The van der Waals surface area contributed by atoms with Gasteiger partial charge in [0.15, 0.2) is 0 Å². The summed E-state index contributed by atoms with van der Waals surface area (Å²) >= 11 is 0. The van der Waals surface area contributed by atoms with Crippen LogP contribution < -0.4 is 5.73 Å². The number of carbonyl (C=O) groups excluding carboxylic acids is 1. The van der Waals surface area contributed by atoms with Gasteiger partial charge in [-0.2, -0.15) is 0 Å². The van der Waals surface area contributed by atoms with Crippen molar-refractivity contribution in [3.63, 3.8) is 0 Å². The van der Waals surface area contributed by atoms with Gasteiger partial charge >= 0.3 is 6.03 Å². The van der Waals surface area contributed by atoms with Crippen molar-refractivity contribution in [2.75, 3.05) is 6.54 Å². The fraction of sp³-hybridized carbons (Fsp3) is 0.278. The van der Waals surface area contributed by atoms with Crippen LogP contribution in [0.2, 0.25) is 0 Å². The molecule has 2 aromatic carbocycles. The molecule has 2 atom stereocenters. The van der Waals surface area contributed by atoms with Gasteiger partial charge in [0.25, 0.3) is 0 Å². The van der Waals surface area contributed by atoms with Crippen molar-refractivity contribution in [1.82, 2.24) is 4.90 Å². The van der Waals surface area contributed by atoms with Crippen LogP contribution in [0, 0.1) is 11.6 Å². The Labute approximate surface area is 133 Å². The van der Waals surface area contributed by atoms with E-state index in [2.05, 4.69) is 0 Å². The first-order chi connectivity index (χ1) is 11.0. The maximum atomic E-state index is 13.1. The SMILES string of the molecule is NC(=O)N1CCC(c2ccc(F)cc2)CC1c1ccc(F)cc1. The number of urea groups is 1. The predicted octanol–water partition coefficient (Wildman–Crippen LogP) is 3.96. The van der Waals surface area contributed by atoms with Crippen LogP contribution in [-0.2, 0) is 0 Å². The molecule has 1 fully saturated rings. The molecule has 5 heteroatoms. The highest BCUT2D eigenvalue weighted by Gasteiger charge is 2.32. The zero-order chi connectivity index (χ0) is 16.4. The molecular weight excluding hydrogens is 298 g/mol. The smallest absolute Gasteiger partial charge is 0.315 e. The third kappa shape index (κ3) is 3.33. The highest BCUT2D eigenvalue weighted by Crippen LogP contribution is 2.39. The predicted molar refractivity (Wildman–Crippen MR) is 83.8 cm³/mol. The van der Waals surface area contributed by atoms with Crippen LogP contribution in [0.1, 0.15) is 35.9 Å². The molecule has 0 radical (unpaired) electrons. The minimum absolute atomic E-state index is 0.197. The maximum absolute atomic E-state index is 13.1. The van der Waals surface area contributed by atoms with Gasteiger partial charge < -0.3 is 10.6 Å². The summed E-state index contributed by atoms with van der Waals surface area (Å²) in [6.07, 6.45) is 1.45. The van der Waals surface area contributed by atoms with Crippen molar-refractivity contribution in [2.45, 2.75) is 24.8 Å². The summed E-state index contributed by atoms with van der Waals surface area (Å²) in [5.74, 6) is -0.370. The number of rotatable bonds is 2. The quantitative estimate of drug-likeness (QED) is 0.895. The van der Waals surface area contributed by atoms with Crippen molar-refractivity contribution in [3.05, 3.63) is 71.3 Å². The number of primary amides is 1. The van der Waals surface area contributed by atoms with E-state index in [1.54, 1.807) is 29.2 Å². The number of carbonyl (C=O) groups is 1. The lowest BCUT2D eigenvalue weighted by Gasteiger charge is -2.39. The third-order valence-corrected chi connectivity index (χ3v) is 4.48. The molecule has 2 aromatic rings. The van der Waals surface area contributed by atoms with Crippen molar-refractivity contribution in [1.29, 1.82) is 0 Å². The summed E-state index contributed by atoms with van der Waals surface area (Å²) < 4.78 is 26.2. The molecule has 1 saturated heterocycles. The lowest BCUT2D eigenvalue weighted by molar-refractivity contribution is 0.151. The lowest BCUT2D eigenvalue weighted by Crippen LogP contribution is -2.43. The molecule has 1 heterocycles. The second-order valence-electron chi connectivity index (χ2n) is 5.87.